The van der Waals surface area contributed by atoms with Crippen molar-refractivity contribution >= 4 is 16.5 Å². The number of hydrogen-bond acceptors (Lipinski definition) is 1. The van der Waals surface area contributed by atoms with Gasteiger partial charge >= 0.3 is 0 Å². The number of fused-ring (bicyclic) bond motifs is 1. The van der Waals surface area contributed by atoms with Gasteiger partial charge in [0, 0.05) is 22.7 Å². The molecule has 1 aromatic carbocycles. The van der Waals surface area contributed by atoms with Gasteiger partial charge in [-0.05, 0) is 30.7 Å². The summed E-state index contributed by atoms with van der Waals surface area (Å²) >= 11 is 0. The van der Waals surface area contributed by atoms with E-state index in [9.17, 15) is 0 Å². The summed E-state index contributed by atoms with van der Waals surface area (Å²) in [7, 11) is 1.67. The molecule has 0 spiro atoms. The maximum absolute atomic E-state index is 5.15. The molecule has 0 radical (unpaired) electrons. The van der Waals surface area contributed by atoms with Crippen molar-refractivity contribution in [1.82, 2.24) is 4.98 Å². The average molecular weight is 187 g/mol. The molecule has 72 valence electrons. The van der Waals surface area contributed by atoms with Crippen molar-refractivity contribution in [1.29, 1.82) is 0 Å². The minimum absolute atomic E-state index is 0.868. The number of nitrogens with one attached hydrogen (secondary N) is 1. The van der Waals surface area contributed by atoms with Crippen molar-refractivity contribution in [3.63, 3.8) is 0 Å². The average Bonchev–Trinajstić information content (AvgIpc) is 2.59. The van der Waals surface area contributed by atoms with Crippen LogP contribution in [0.15, 0.2) is 30.8 Å². The molecule has 2 rings (SSSR count). The fraction of sp³-hybridized carbons (Fsp3) is 0.167. The van der Waals surface area contributed by atoms with E-state index in [1.807, 2.05) is 25.1 Å². The number of benzene rings is 1. The molecule has 0 bridgehead atoms. The zero-order valence-electron chi connectivity index (χ0n) is 8.42. The lowest BCUT2D eigenvalue weighted by Crippen LogP contribution is -1.81. The molecule has 0 saturated heterocycles. The van der Waals surface area contributed by atoms with Crippen molar-refractivity contribution in [3.8, 4) is 5.75 Å². The molecule has 2 aromatic rings. The summed E-state index contributed by atoms with van der Waals surface area (Å²) < 4.78 is 5.15. The lowest BCUT2D eigenvalue weighted by atomic mass is 10.2. The molecular formula is C12H13NO. The Bertz CT molecular complexity index is 482. The lowest BCUT2D eigenvalue weighted by Gasteiger charge is -1.97. The molecule has 1 heterocycles. The molecular weight excluding hydrogens is 174 g/mol. The van der Waals surface area contributed by atoms with Crippen LogP contribution in [-0.2, 0) is 0 Å². The molecule has 0 aliphatic carbocycles. The predicted molar refractivity (Wildman–Crippen MR) is 59.6 cm³/mol. The van der Waals surface area contributed by atoms with Crippen LogP contribution in [0.3, 0.4) is 0 Å². The maximum Gasteiger partial charge on any atom is 0.120 e. The van der Waals surface area contributed by atoms with Crippen LogP contribution in [-0.4, -0.2) is 12.1 Å². The molecule has 0 unspecified atom stereocenters. The van der Waals surface area contributed by atoms with Crippen LogP contribution >= 0.6 is 0 Å². The monoisotopic (exact) mass is 187 g/mol. The van der Waals surface area contributed by atoms with Crippen LogP contribution in [0.4, 0.5) is 0 Å². The summed E-state index contributed by atoms with van der Waals surface area (Å²) in [5.41, 5.74) is 3.20. The minimum atomic E-state index is 0.868. The second-order valence-electron chi connectivity index (χ2n) is 3.42. The fourth-order valence-electron chi connectivity index (χ4n) is 1.46. The van der Waals surface area contributed by atoms with E-state index in [-0.39, 0.29) is 0 Å². The number of allylic oxidation sites excluding steroid dienone is 1. The van der Waals surface area contributed by atoms with Gasteiger partial charge in [0.2, 0.25) is 0 Å². The van der Waals surface area contributed by atoms with Gasteiger partial charge in [-0.25, -0.2) is 0 Å². The Balaban J connectivity index is 2.60. The number of ether oxygens (including phenoxy) is 1. The van der Waals surface area contributed by atoms with Gasteiger partial charge in [-0.1, -0.05) is 6.58 Å². The number of methoxy groups -OCH3 is 1. The van der Waals surface area contributed by atoms with Gasteiger partial charge in [0.25, 0.3) is 0 Å². The number of hydrogen-bond donors (Lipinski definition) is 1. The summed E-state index contributed by atoms with van der Waals surface area (Å²) in [5, 5.41) is 1.18. The highest BCUT2D eigenvalue weighted by atomic mass is 16.5. The van der Waals surface area contributed by atoms with E-state index in [2.05, 4.69) is 17.6 Å². The van der Waals surface area contributed by atoms with E-state index in [0.717, 1.165) is 22.5 Å². The van der Waals surface area contributed by atoms with Crippen molar-refractivity contribution in [2.45, 2.75) is 6.92 Å². The Kier molecular flexibility index (Phi) is 2.04. The maximum atomic E-state index is 5.15. The topological polar surface area (TPSA) is 25.0 Å². The van der Waals surface area contributed by atoms with E-state index in [1.165, 1.54) is 5.39 Å². The highest BCUT2D eigenvalue weighted by molar-refractivity contribution is 5.85. The second kappa shape index (κ2) is 3.22. The Labute approximate surface area is 83.2 Å². The van der Waals surface area contributed by atoms with Crippen LogP contribution in [0.5, 0.6) is 5.75 Å². The minimum Gasteiger partial charge on any atom is -0.497 e. The second-order valence-corrected chi connectivity index (χ2v) is 3.42. The quantitative estimate of drug-likeness (QED) is 0.767. The first-order chi connectivity index (χ1) is 6.70. The highest BCUT2D eigenvalue weighted by Gasteiger charge is 2.01. The normalized spacial score (nSPS) is 10.4. The highest BCUT2D eigenvalue weighted by Crippen LogP contribution is 2.23. The molecule has 0 saturated carbocycles. The van der Waals surface area contributed by atoms with E-state index in [0.29, 0.717) is 0 Å². The molecule has 0 amide bonds. The Morgan fingerprint density at radius 2 is 2.14 bits per heavy atom. The lowest BCUT2D eigenvalue weighted by molar-refractivity contribution is 0.415. The van der Waals surface area contributed by atoms with Crippen LogP contribution in [0.2, 0.25) is 0 Å². The summed E-state index contributed by atoms with van der Waals surface area (Å²) in [6.45, 7) is 5.89. The van der Waals surface area contributed by atoms with Gasteiger partial charge in [0.15, 0.2) is 0 Å². The van der Waals surface area contributed by atoms with Gasteiger partial charge in [-0.15, -0.1) is 0 Å². The summed E-state index contributed by atoms with van der Waals surface area (Å²) in [5.74, 6) is 0.868. The summed E-state index contributed by atoms with van der Waals surface area (Å²) in [6, 6.07) is 8.08. The summed E-state index contributed by atoms with van der Waals surface area (Å²) in [6.07, 6.45) is 0. The molecule has 0 aliphatic heterocycles. The molecule has 0 fully saturated rings. The van der Waals surface area contributed by atoms with E-state index in [1.54, 1.807) is 7.11 Å². The molecule has 2 heteroatoms. The van der Waals surface area contributed by atoms with Gasteiger partial charge < -0.3 is 9.72 Å². The molecule has 2 nitrogen and oxygen atoms in total. The first-order valence-electron chi connectivity index (χ1n) is 4.53. The number of H-pyrrole nitrogens is 1. The number of aromatic amines is 1. The smallest absolute Gasteiger partial charge is 0.120 e. The predicted octanol–water partition coefficient (Wildman–Crippen LogP) is 3.21. The number of aromatic nitrogens is 1. The van der Waals surface area contributed by atoms with Gasteiger partial charge in [-0.3, -0.25) is 0 Å². The molecule has 0 aliphatic rings. The standard InChI is InChI=1S/C12H13NO/c1-8(2)11-6-9-4-5-10(14-3)7-12(9)13-11/h4-7,13H,1H2,2-3H3. The van der Waals surface area contributed by atoms with Crippen LogP contribution < -0.4 is 4.74 Å². The van der Waals surface area contributed by atoms with Gasteiger partial charge in [0.1, 0.15) is 5.75 Å². The molecule has 14 heavy (non-hydrogen) atoms. The van der Waals surface area contributed by atoms with E-state index in [4.69, 9.17) is 4.74 Å². The molecule has 0 atom stereocenters. The zero-order chi connectivity index (χ0) is 10.1. The van der Waals surface area contributed by atoms with Gasteiger partial charge in [0.05, 0.1) is 7.11 Å². The van der Waals surface area contributed by atoms with E-state index >= 15 is 0 Å². The van der Waals surface area contributed by atoms with Gasteiger partial charge in [-0.2, -0.15) is 0 Å². The number of rotatable bonds is 2. The SMILES string of the molecule is C=C(C)c1cc2ccc(OC)cc2[nH]1. The Morgan fingerprint density at radius 3 is 2.79 bits per heavy atom. The van der Waals surface area contributed by atoms with Crippen LogP contribution in [0.1, 0.15) is 12.6 Å². The molecule has 1 aromatic heterocycles. The fourth-order valence-corrected chi connectivity index (χ4v) is 1.46. The third-order valence-corrected chi connectivity index (χ3v) is 2.29. The zero-order valence-corrected chi connectivity index (χ0v) is 8.42. The van der Waals surface area contributed by atoms with Crippen molar-refractivity contribution < 1.29 is 4.74 Å². The third kappa shape index (κ3) is 1.39. The molecule has 1 N–H and O–H groups in total. The Morgan fingerprint density at radius 1 is 1.36 bits per heavy atom. The van der Waals surface area contributed by atoms with Crippen LogP contribution in [0.25, 0.3) is 16.5 Å². The van der Waals surface area contributed by atoms with Crippen LogP contribution in [0, 0.1) is 0 Å². The Hall–Kier alpha value is -1.70. The first-order valence-corrected chi connectivity index (χ1v) is 4.53. The van der Waals surface area contributed by atoms with E-state index < -0.39 is 0 Å². The third-order valence-electron chi connectivity index (χ3n) is 2.29. The van der Waals surface area contributed by atoms with Crippen molar-refractivity contribution in [2.24, 2.45) is 0 Å². The first kappa shape index (κ1) is 8.88. The summed E-state index contributed by atoms with van der Waals surface area (Å²) in [4.78, 5) is 3.29. The van der Waals surface area contributed by atoms with Crippen molar-refractivity contribution in [3.05, 3.63) is 36.5 Å². The largest absolute Gasteiger partial charge is 0.497 e. The van der Waals surface area contributed by atoms with Crippen molar-refractivity contribution in [2.75, 3.05) is 7.11 Å².